The molecule has 0 saturated heterocycles. The average molecular weight is 189 g/mol. The van der Waals surface area contributed by atoms with E-state index < -0.39 is 0 Å². The number of hydrogen-bond donors (Lipinski definition) is 1. The van der Waals surface area contributed by atoms with Gasteiger partial charge in [0.1, 0.15) is 0 Å². The van der Waals surface area contributed by atoms with E-state index in [-0.39, 0.29) is 0 Å². The fourth-order valence-electron chi connectivity index (χ4n) is 2.96. The Morgan fingerprint density at radius 2 is 2.00 bits per heavy atom. The Morgan fingerprint density at radius 1 is 1.14 bits per heavy atom. The van der Waals surface area contributed by atoms with E-state index in [0.29, 0.717) is 6.04 Å². The Bertz CT molecular complexity index is 312. The lowest BCUT2D eigenvalue weighted by Crippen LogP contribution is -2.26. The molecule has 3 nitrogen and oxygen atoms in total. The molecule has 0 spiro atoms. The van der Waals surface area contributed by atoms with Gasteiger partial charge in [-0.2, -0.15) is 0 Å². The standard InChI is InChI=1S/C11H15N3/c1-4-12-11(13-5-1)14-10-7-8-2-3-9(10)6-8/h1,4-5,8-10H,2-3,6-7H2,(H,12,13,14). The van der Waals surface area contributed by atoms with Crippen LogP contribution in [0.5, 0.6) is 0 Å². The van der Waals surface area contributed by atoms with E-state index in [4.69, 9.17) is 0 Å². The summed E-state index contributed by atoms with van der Waals surface area (Å²) in [6, 6.07) is 2.49. The summed E-state index contributed by atoms with van der Waals surface area (Å²) in [4.78, 5) is 8.41. The predicted molar refractivity (Wildman–Crippen MR) is 54.9 cm³/mol. The van der Waals surface area contributed by atoms with E-state index >= 15 is 0 Å². The lowest BCUT2D eigenvalue weighted by Gasteiger charge is -2.22. The van der Waals surface area contributed by atoms with Gasteiger partial charge in [-0.25, -0.2) is 9.97 Å². The van der Waals surface area contributed by atoms with Crippen molar-refractivity contribution in [2.45, 2.75) is 31.7 Å². The molecule has 2 fully saturated rings. The molecule has 3 atom stereocenters. The largest absolute Gasteiger partial charge is 0.351 e. The lowest BCUT2D eigenvalue weighted by atomic mass is 9.95. The third-order valence-electron chi connectivity index (χ3n) is 3.62. The topological polar surface area (TPSA) is 37.8 Å². The molecular formula is C11H15N3. The Morgan fingerprint density at radius 3 is 2.64 bits per heavy atom. The highest BCUT2D eigenvalue weighted by Crippen LogP contribution is 2.45. The highest BCUT2D eigenvalue weighted by molar-refractivity contribution is 5.26. The van der Waals surface area contributed by atoms with E-state index in [0.717, 1.165) is 17.8 Å². The molecule has 0 aliphatic heterocycles. The molecule has 74 valence electrons. The van der Waals surface area contributed by atoms with Crippen LogP contribution >= 0.6 is 0 Å². The van der Waals surface area contributed by atoms with Crippen LogP contribution in [-0.2, 0) is 0 Å². The smallest absolute Gasteiger partial charge is 0.222 e. The van der Waals surface area contributed by atoms with Gasteiger partial charge in [-0.1, -0.05) is 6.42 Å². The number of nitrogens with zero attached hydrogens (tertiary/aromatic N) is 2. The van der Waals surface area contributed by atoms with Gasteiger partial charge in [0.25, 0.3) is 0 Å². The van der Waals surface area contributed by atoms with Crippen molar-refractivity contribution in [3.05, 3.63) is 18.5 Å². The maximum absolute atomic E-state index is 4.20. The van der Waals surface area contributed by atoms with Gasteiger partial charge in [0.05, 0.1) is 0 Å². The minimum absolute atomic E-state index is 0.635. The highest BCUT2D eigenvalue weighted by Gasteiger charge is 2.39. The van der Waals surface area contributed by atoms with Gasteiger partial charge in [0.15, 0.2) is 0 Å². The van der Waals surface area contributed by atoms with Crippen molar-refractivity contribution in [2.24, 2.45) is 11.8 Å². The van der Waals surface area contributed by atoms with Crippen LogP contribution in [0.15, 0.2) is 18.5 Å². The molecule has 1 heterocycles. The summed E-state index contributed by atoms with van der Waals surface area (Å²) in [5, 5.41) is 3.45. The molecule has 14 heavy (non-hydrogen) atoms. The summed E-state index contributed by atoms with van der Waals surface area (Å²) in [6.07, 6.45) is 9.17. The van der Waals surface area contributed by atoms with Gasteiger partial charge >= 0.3 is 0 Å². The SMILES string of the molecule is c1cnc(NC2CC3CCC2C3)nc1. The summed E-state index contributed by atoms with van der Waals surface area (Å²) in [5.41, 5.74) is 0. The fraction of sp³-hybridized carbons (Fsp3) is 0.636. The maximum Gasteiger partial charge on any atom is 0.222 e. The first-order chi connectivity index (χ1) is 6.92. The molecule has 2 saturated carbocycles. The Labute approximate surface area is 84.0 Å². The summed E-state index contributed by atoms with van der Waals surface area (Å²) in [7, 11) is 0. The molecule has 2 bridgehead atoms. The van der Waals surface area contributed by atoms with Crippen LogP contribution in [0.25, 0.3) is 0 Å². The highest BCUT2D eigenvalue weighted by atomic mass is 15.1. The second-order valence-electron chi connectivity index (χ2n) is 4.50. The zero-order chi connectivity index (χ0) is 9.38. The first-order valence-electron chi connectivity index (χ1n) is 5.45. The molecule has 0 amide bonds. The second kappa shape index (κ2) is 3.23. The molecular weight excluding hydrogens is 174 g/mol. The Kier molecular flexibility index (Phi) is 1.89. The molecule has 1 N–H and O–H groups in total. The number of hydrogen-bond acceptors (Lipinski definition) is 3. The minimum Gasteiger partial charge on any atom is -0.351 e. The Hall–Kier alpha value is -1.12. The van der Waals surface area contributed by atoms with Crippen LogP contribution < -0.4 is 5.32 Å². The van der Waals surface area contributed by atoms with Crippen LogP contribution in [0.4, 0.5) is 5.95 Å². The van der Waals surface area contributed by atoms with Gasteiger partial charge < -0.3 is 5.32 Å². The van der Waals surface area contributed by atoms with Gasteiger partial charge in [0.2, 0.25) is 5.95 Å². The molecule has 1 aromatic rings. The predicted octanol–water partition coefficient (Wildman–Crippen LogP) is 2.08. The van der Waals surface area contributed by atoms with Crippen molar-refractivity contribution >= 4 is 5.95 Å². The average Bonchev–Trinajstić information content (AvgIpc) is 2.81. The van der Waals surface area contributed by atoms with Gasteiger partial charge in [0, 0.05) is 18.4 Å². The zero-order valence-electron chi connectivity index (χ0n) is 8.19. The van der Waals surface area contributed by atoms with Crippen molar-refractivity contribution in [2.75, 3.05) is 5.32 Å². The summed E-state index contributed by atoms with van der Waals surface area (Å²) in [6.45, 7) is 0. The normalized spacial score (nSPS) is 34.7. The third-order valence-corrected chi connectivity index (χ3v) is 3.62. The van der Waals surface area contributed by atoms with Crippen molar-refractivity contribution in [3.8, 4) is 0 Å². The summed E-state index contributed by atoms with van der Waals surface area (Å²) >= 11 is 0. The van der Waals surface area contributed by atoms with Crippen LogP contribution in [-0.4, -0.2) is 16.0 Å². The second-order valence-corrected chi connectivity index (χ2v) is 4.50. The van der Waals surface area contributed by atoms with E-state index in [1.165, 1.54) is 25.7 Å². The molecule has 3 unspecified atom stereocenters. The first-order valence-corrected chi connectivity index (χ1v) is 5.45. The number of rotatable bonds is 2. The quantitative estimate of drug-likeness (QED) is 0.774. The molecule has 0 aromatic carbocycles. The maximum atomic E-state index is 4.20. The zero-order valence-corrected chi connectivity index (χ0v) is 8.19. The number of fused-ring (bicyclic) bond motifs is 2. The van der Waals surface area contributed by atoms with Gasteiger partial charge in [-0.05, 0) is 37.2 Å². The number of anilines is 1. The fourth-order valence-corrected chi connectivity index (χ4v) is 2.96. The van der Waals surface area contributed by atoms with Crippen LogP contribution in [0.1, 0.15) is 25.7 Å². The van der Waals surface area contributed by atoms with Gasteiger partial charge in [-0.3, -0.25) is 0 Å². The first kappa shape index (κ1) is 8.21. The van der Waals surface area contributed by atoms with E-state index in [1.807, 2.05) is 6.07 Å². The molecule has 1 aromatic heterocycles. The summed E-state index contributed by atoms with van der Waals surface area (Å²) in [5.74, 6) is 2.65. The van der Waals surface area contributed by atoms with Crippen LogP contribution in [0.2, 0.25) is 0 Å². The van der Waals surface area contributed by atoms with E-state index in [2.05, 4.69) is 15.3 Å². The van der Waals surface area contributed by atoms with Crippen molar-refractivity contribution < 1.29 is 0 Å². The van der Waals surface area contributed by atoms with Gasteiger partial charge in [-0.15, -0.1) is 0 Å². The number of nitrogens with one attached hydrogen (secondary N) is 1. The monoisotopic (exact) mass is 189 g/mol. The molecule has 2 aliphatic rings. The molecule has 0 radical (unpaired) electrons. The third kappa shape index (κ3) is 1.37. The minimum atomic E-state index is 0.635. The van der Waals surface area contributed by atoms with Crippen molar-refractivity contribution in [1.29, 1.82) is 0 Å². The Balaban J connectivity index is 1.69. The van der Waals surface area contributed by atoms with Crippen LogP contribution in [0, 0.1) is 11.8 Å². The van der Waals surface area contributed by atoms with Crippen molar-refractivity contribution in [1.82, 2.24) is 9.97 Å². The van der Waals surface area contributed by atoms with Crippen molar-refractivity contribution in [3.63, 3.8) is 0 Å². The van der Waals surface area contributed by atoms with Crippen LogP contribution in [0.3, 0.4) is 0 Å². The molecule has 3 heteroatoms. The molecule has 3 rings (SSSR count). The van der Waals surface area contributed by atoms with E-state index in [1.54, 1.807) is 12.4 Å². The van der Waals surface area contributed by atoms with E-state index in [9.17, 15) is 0 Å². The number of aromatic nitrogens is 2. The molecule has 2 aliphatic carbocycles. The lowest BCUT2D eigenvalue weighted by molar-refractivity contribution is 0.438. The summed E-state index contributed by atoms with van der Waals surface area (Å²) < 4.78 is 0.